The summed E-state index contributed by atoms with van der Waals surface area (Å²) in [6.07, 6.45) is 0.694. The monoisotopic (exact) mass is 440 g/mol. The highest BCUT2D eigenvalue weighted by Gasteiger charge is 2.47. The first-order valence-electron chi connectivity index (χ1n) is 9.75. The molecular weight excluding hydrogens is 420 g/mol. The molecule has 2 heterocycles. The average Bonchev–Trinajstić information content (AvgIpc) is 3.07. The molecule has 2 aromatic rings. The number of carbonyl (C=O) groups is 2. The van der Waals surface area contributed by atoms with Gasteiger partial charge in [-0.1, -0.05) is 72.8 Å². The number of hydrogen-bond acceptors (Lipinski definition) is 5. The van der Waals surface area contributed by atoms with Crippen LogP contribution < -0.4 is 0 Å². The number of fused-ring (bicyclic) bond motifs is 1. The molecule has 4 rings (SSSR count). The molecule has 0 saturated carbocycles. The van der Waals surface area contributed by atoms with Crippen molar-refractivity contribution in [3.8, 4) is 0 Å². The number of allylic oxidation sites excluding steroid dienone is 1. The highest BCUT2D eigenvalue weighted by atomic mass is 35.5. The number of nitrogens with zero attached hydrogens (tertiary/aromatic N) is 2. The van der Waals surface area contributed by atoms with Crippen LogP contribution in [0, 0.1) is 0 Å². The minimum atomic E-state index is -0.588. The predicted octanol–water partition coefficient (Wildman–Crippen LogP) is 5.12. The molecule has 2 atom stereocenters. The second-order valence-electron chi connectivity index (χ2n) is 7.13. The maximum absolute atomic E-state index is 13.2. The Morgan fingerprint density at radius 3 is 2.53 bits per heavy atom. The molecular formula is C23H21ClN2O3S. The Labute approximate surface area is 184 Å². The second-order valence-corrected chi connectivity index (χ2v) is 8.74. The quantitative estimate of drug-likeness (QED) is 0.605. The van der Waals surface area contributed by atoms with E-state index in [0.29, 0.717) is 27.9 Å². The van der Waals surface area contributed by atoms with Crippen molar-refractivity contribution in [2.45, 2.75) is 38.2 Å². The zero-order valence-electron chi connectivity index (χ0n) is 16.7. The van der Waals surface area contributed by atoms with E-state index in [1.807, 2.05) is 49.4 Å². The van der Waals surface area contributed by atoms with Crippen molar-refractivity contribution in [1.29, 1.82) is 0 Å². The SMILES string of the molecule is CC[C@H]1SC2=NC(C)=C(C(=O)OCc3ccccc3)[C@@H](c3ccc(Cl)cc3)N2C1=O. The van der Waals surface area contributed by atoms with Gasteiger partial charge < -0.3 is 4.74 Å². The predicted molar refractivity (Wildman–Crippen MR) is 119 cm³/mol. The number of hydrogen-bond donors (Lipinski definition) is 0. The number of amides is 1. The number of benzene rings is 2. The number of ether oxygens (including phenoxy) is 1. The average molecular weight is 441 g/mol. The molecule has 5 nitrogen and oxygen atoms in total. The van der Waals surface area contributed by atoms with Gasteiger partial charge in [0.25, 0.3) is 0 Å². The minimum absolute atomic E-state index is 0.0398. The second kappa shape index (κ2) is 8.66. The van der Waals surface area contributed by atoms with Crippen molar-refractivity contribution in [2.24, 2.45) is 4.99 Å². The van der Waals surface area contributed by atoms with Gasteiger partial charge in [0.2, 0.25) is 5.91 Å². The summed E-state index contributed by atoms with van der Waals surface area (Å²) < 4.78 is 5.61. The van der Waals surface area contributed by atoms with E-state index in [-0.39, 0.29) is 17.8 Å². The fourth-order valence-electron chi connectivity index (χ4n) is 3.61. The van der Waals surface area contributed by atoms with E-state index in [2.05, 4.69) is 4.99 Å². The molecule has 1 amide bonds. The molecule has 154 valence electrons. The van der Waals surface area contributed by atoms with E-state index in [9.17, 15) is 9.59 Å². The zero-order valence-corrected chi connectivity index (χ0v) is 18.2. The van der Waals surface area contributed by atoms with Gasteiger partial charge in [-0.15, -0.1) is 0 Å². The fourth-order valence-corrected chi connectivity index (χ4v) is 4.87. The van der Waals surface area contributed by atoms with E-state index >= 15 is 0 Å². The lowest BCUT2D eigenvalue weighted by molar-refractivity contribution is -0.141. The number of amidine groups is 1. The maximum Gasteiger partial charge on any atom is 0.338 e. The van der Waals surface area contributed by atoms with Crippen LogP contribution in [0.25, 0.3) is 0 Å². The molecule has 0 N–H and O–H groups in total. The van der Waals surface area contributed by atoms with E-state index in [4.69, 9.17) is 16.3 Å². The highest BCUT2D eigenvalue weighted by Crippen LogP contribution is 2.44. The summed E-state index contributed by atoms with van der Waals surface area (Å²) in [5, 5.41) is 1.01. The Hall–Kier alpha value is -2.57. The molecule has 0 spiro atoms. The van der Waals surface area contributed by atoms with Gasteiger partial charge in [0.1, 0.15) is 6.61 Å². The molecule has 30 heavy (non-hydrogen) atoms. The van der Waals surface area contributed by atoms with E-state index in [1.165, 1.54) is 11.8 Å². The summed E-state index contributed by atoms with van der Waals surface area (Å²) in [6.45, 7) is 3.92. The van der Waals surface area contributed by atoms with Gasteiger partial charge in [-0.2, -0.15) is 0 Å². The van der Waals surface area contributed by atoms with Gasteiger partial charge in [0.15, 0.2) is 5.17 Å². The first-order valence-corrected chi connectivity index (χ1v) is 11.0. The Morgan fingerprint density at radius 2 is 1.87 bits per heavy atom. The molecule has 0 aliphatic carbocycles. The summed E-state index contributed by atoms with van der Waals surface area (Å²) in [5.41, 5.74) is 2.63. The standard InChI is InChI=1S/C23H21ClN2O3S/c1-3-18-21(27)26-20(16-9-11-17(24)12-10-16)19(14(2)25-23(26)30-18)22(28)29-13-15-7-5-4-6-8-15/h4-12,18,20H,3,13H2,1-2H3/t18-,20-/m1/s1. The van der Waals surface area contributed by atoms with Crippen molar-refractivity contribution in [3.63, 3.8) is 0 Å². The van der Waals surface area contributed by atoms with Crippen LogP contribution in [0.1, 0.15) is 37.4 Å². The molecule has 2 aromatic carbocycles. The first-order chi connectivity index (χ1) is 14.5. The first kappa shape index (κ1) is 20.7. The minimum Gasteiger partial charge on any atom is -0.457 e. The largest absolute Gasteiger partial charge is 0.457 e. The van der Waals surface area contributed by atoms with Crippen molar-refractivity contribution in [3.05, 3.63) is 82.0 Å². The Morgan fingerprint density at radius 1 is 1.17 bits per heavy atom. The van der Waals surface area contributed by atoms with Crippen LogP contribution in [0.15, 0.2) is 70.9 Å². The van der Waals surface area contributed by atoms with Crippen LogP contribution in [-0.2, 0) is 20.9 Å². The van der Waals surface area contributed by atoms with E-state index in [0.717, 1.165) is 11.1 Å². The van der Waals surface area contributed by atoms with Crippen molar-refractivity contribution in [2.75, 3.05) is 0 Å². The molecule has 0 unspecified atom stereocenters. The molecule has 2 aliphatic heterocycles. The summed E-state index contributed by atoms with van der Waals surface area (Å²) in [6, 6.07) is 16.1. The third-order valence-electron chi connectivity index (χ3n) is 5.14. The number of halogens is 1. The van der Waals surface area contributed by atoms with E-state index in [1.54, 1.807) is 24.0 Å². The van der Waals surface area contributed by atoms with Gasteiger partial charge in [0.05, 0.1) is 22.6 Å². The maximum atomic E-state index is 13.2. The van der Waals surface area contributed by atoms with Crippen LogP contribution in [0.3, 0.4) is 0 Å². The summed E-state index contributed by atoms with van der Waals surface area (Å²) in [4.78, 5) is 32.5. The molecule has 1 fully saturated rings. The summed E-state index contributed by atoms with van der Waals surface area (Å²) in [5.74, 6) is -0.515. The number of rotatable bonds is 5. The molecule has 0 bridgehead atoms. The lowest BCUT2D eigenvalue weighted by Crippen LogP contribution is -2.40. The summed E-state index contributed by atoms with van der Waals surface area (Å²) >= 11 is 7.52. The topological polar surface area (TPSA) is 59.0 Å². The zero-order chi connectivity index (χ0) is 21.3. The van der Waals surface area contributed by atoms with Crippen LogP contribution in [0.4, 0.5) is 0 Å². The molecule has 2 aliphatic rings. The molecule has 0 radical (unpaired) electrons. The normalized spacial score (nSPS) is 20.8. The molecule has 0 aromatic heterocycles. The van der Waals surface area contributed by atoms with Crippen molar-refractivity contribution >= 4 is 40.4 Å². The molecule has 7 heteroatoms. The van der Waals surface area contributed by atoms with E-state index < -0.39 is 12.0 Å². The van der Waals surface area contributed by atoms with Gasteiger partial charge in [-0.05, 0) is 36.6 Å². The van der Waals surface area contributed by atoms with Gasteiger partial charge in [0, 0.05) is 5.02 Å². The van der Waals surface area contributed by atoms with Crippen LogP contribution >= 0.6 is 23.4 Å². The summed E-state index contributed by atoms with van der Waals surface area (Å²) in [7, 11) is 0. The number of esters is 1. The Kier molecular flexibility index (Phi) is 5.97. The van der Waals surface area contributed by atoms with Crippen LogP contribution in [-0.4, -0.2) is 27.2 Å². The Balaban J connectivity index is 1.71. The van der Waals surface area contributed by atoms with Crippen LogP contribution in [0.2, 0.25) is 5.02 Å². The number of aliphatic imine (C=N–C) groups is 1. The third kappa shape index (κ3) is 3.89. The van der Waals surface area contributed by atoms with Crippen LogP contribution in [0.5, 0.6) is 0 Å². The fraction of sp³-hybridized carbons (Fsp3) is 0.261. The smallest absolute Gasteiger partial charge is 0.338 e. The molecule has 1 saturated heterocycles. The number of thioether (sulfide) groups is 1. The van der Waals surface area contributed by atoms with Crippen molar-refractivity contribution < 1.29 is 14.3 Å². The highest BCUT2D eigenvalue weighted by molar-refractivity contribution is 8.15. The lowest BCUT2D eigenvalue weighted by Gasteiger charge is -2.33. The van der Waals surface area contributed by atoms with Gasteiger partial charge in [-0.25, -0.2) is 9.79 Å². The Bertz CT molecular complexity index is 1030. The number of carbonyl (C=O) groups excluding carboxylic acids is 2. The van der Waals surface area contributed by atoms with Crippen molar-refractivity contribution in [1.82, 2.24) is 4.90 Å². The van der Waals surface area contributed by atoms with Gasteiger partial charge >= 0.3 is 5.97 Å². The van der Waals surface area contributed by atoms with Gasteiger partial charge in [-0.3, -0.25) is 9.69 Å². The lowest BCUT2D eigenvalue weighted by atomic mass is 9.94. The third-order valence-corrected chi connectivity index (χ3v) is 6.71.